The van der Waals surface area contributed by atoms with Crippen LogP contribution >= 0.6 is 11.8 Å². The lowest BCUT2D eigenvalue weighted by Gasteiger charge is -2.12. The molecular formula is C15H19N3O3S. The molecule has 0 spiro atoms. The van der Waals surface area contributed by atoms with Crippen molar-refractivity contribution < 1.29 is 14.7 Å². The SMILES string of the molecule is CSCC(=O)Nc1ccccc1Cn1ccnc1C.O=CO. The van der Waals surface area contributed by atoms with Crippen LogP contribution < -0.4 is 5.32 Å². The third kappa shape index (κ3) is 5.61. The number of hydrogen-bond acceptors (Lipinski definition) is 4. The molecule has 1 aromatic heterocycles. The minimum atomic E-state index is -0.250. The molecule has 0 atom stereocenters. The van der Waals surface area contributed by atoms with Crippen molar-refractivity contribution in [2.24, 2.45) is 0 Å². The molecule has 2 rings (SSSR count). The van der Waals surface area contributed by atoms with E-state index in [9.17, 15) is 4.79 Å². The van der Waals surface area contributed by atoms with Gasteiger partial charge in [-0.2, -0.15) is 11.8 Å². The van der Waals surface area contributed by atoms with Crippen LogP contribution in [-0.2, 0) is 16.1 Å². The van der Waals surface area contributed by atoms with Gasteiger partial charge in [-0.15, -0.1) is 0 Å². The number of anilines is 1. The van der Waals surface area contributed by atoms with E-state index >= 15 is 0 Å². The lowest BCUT2D eigenvalue weighted by molar-refractivity contribution is -0.122. The van der Waals surface area contributed by atoms with E-state index in [-0.39, 0.29) is 12.4 Å². The monoisotopic (exact) mass is 321 g/mol. The van der Waals surface area contributed by atoms with Crippen LogP contribution in [-0.4, -0.2) is 39.0 Å². The van der Waals surface area contributed by atoms with Crippen molar-refractivity contribution in [3.05, 3.63) is 48.0 Å². The molecule has 1 heterocycles. The quantitative estimate of drug-likeness (QED) is 0.825. The van der Waals surface area contributed by atoms with Crippen molar-refractivity contribution in [2.45, 2.75) is 13.5 Å². The van der Waals surface area contributed by atoms with Crippen LogP contribution in [0, 0.1) is 6.92 Å². The molecule has 0 fully saturated rings. The molecule has 22 heavy (non-hydrogen) atoms. The first-order chi connectivity index (χ1) is 10.6. The van der Waals surface area contributed by atoms with Gasteiger partial charge in [0.15, 0.2) is 0 Å². The molecule has 0 saturated heterocycles. The van der Waals surface area contributed by atoms with Crippen molar-refractivity contribution in [3.8, 4) is 0 Å². The fourth-order valence-electron chi connectivity index (χ4n) is 1.85. The predicted molar refractivity (Wildman–Crippen MR) is 88.2 cm³/mol. The second-order valence-corrected chi connectivity index (χ2v) is 5.21. The number of para-hydroxylation sites is 1. The largest absolute Gasteiger partial charge is 0.483 e. The summed E-state index contributed by atoms with van der Waals surface area (Å²) in [7, 11) is 0. The number of hydrogen-bond donors (Lipinski definition) is 2. The molecule has 1 aromatic carbocycles. The summed E-state index contributed by atoms with van der Waals surface area (Å²) in [5, 5.41) is 9.84. The summed E-state index contributed by atoms with van der Waals surface area (Å²) < 4.78 is 2.06. The normalized spacial score (nSPS) is 9.55. The van der Waals surface area contributed by atoms with Crippen LogP contribution in [0.5, 0.6) is 0 Å². The second-order valence-electron chi connectivity index (χ2n) is 4.35. The molecule has 0 aliphatic carbocycles. The first-order valence-electron chi connectivity index (χ1n) is 6.54. The summed E-state index contributed by atoms with van der Waals surface area (Å²) in [6.45, 7) is 2.43. The van der Waals surface area contributed by atoms with Crippen LogP contribution in [0.3, 0.4) is 0 Å². The number of thioether (sulfide) groups is 1. The minimum absolute atomic E-state index is 0.0299. The van der Waals surface area contributed by atoms with Gasteiger partial charge in [-0.3, -0.25) is 9.59 Å². The lowest BCUT2D eigenvalue weighted by atomic mass is 10.1. The van der Waals surface area contributed by atoms with Gasteiger partial charge in [0.05, 0.1) is 12.3 Å². The third-order valence-electron chi connectivity index (χ3n) is 2.83. The van der Waals surface area contributed by atoms with Gasteiger partial charge in [0.1, 0.15) is 5.82 Å². The van der Waals surface area contributed by atoms with E-state index in [4.69, 9.17) is 9.90 Å². The van der Waals surface area contributed by atoms with E-state index < -0.39 is 0 Å². The zero-order valence-corrected chi connectivity index (χ0v) is 13.3. The molecule has 0 saturated carbocycles. The molecule has 118 valence electrons. The van der Waals surface area contributed by atoms with Crippen molar-refractivity contribution >= 4 is 29.8 Å². The number of benzene rings is 1. The summed E-state index contributed by atoms with van der Waals surface area (Å²) in [6.07, 6.45) is 5.64. The van der Waals surface area contributed by atoms with Gasteiger partial charge in [-0.25, -0.2) is 4.98 Å². The van der Waals surface area contributed by atoms with Crippen LogP contribution in [0.4, 0.5) is 5.69 Å². The van der Waals surface area contributed by atoms with E-state index in [2.05, 4.69) is 14.9 Å². The average Bonchev–Trinajstić information content (AvgIpc) is 2.88. The van der Waals surface area contributed by atoms with Crippen LogP contribution in [0.15, 0.2) is 36.7 Å². The number of rotatable bonds is 5. The summed E-state index contributed by atoms with van der Waals surface area (Å²) in [6, 6.07) is 7.86. The Labute approximate surface area is 133 Å². The van der Waals surface area contributed by atoms with Gasteiger partial charge in [0, 0.05) is 18.1 Å². The highest BCUT2D eigenvalue weighted by molar-refractivity contribution is 7.99. The maximum Gasteiger partial charge on any atom is 0.290 e. The maximum absolute atomic E-state index is 11.7. The van der Waals surface area contributed by atoms with Gasteiger partial charge in [0.2, 0.25) is 5.91 Å². The van der Waals surface area contributed by atoms with Crippen LogP contribution in [0.25, 0.3) is 0 Å². The Morgan fingerprint density at radius 3 is 2.73 bits per heavy atom. The minimum Gasteiger partial charge on any atom is -0.483 e. The second kappa shape index (κ2) is 9.62. The number of nitrogens with zero attached hydrogens (tertiary/aromatic N) is 2. The Bertz CT molecular complexity index is 614. The van der Waals surface area contributed by atoms with Crippen molar-refractivity contribution in [3.63, 3.8) is 0 Å². The zero-order chi connectivity index (χ0) is 16.4. The number of carboxylic acid groups (broad SMARTS) is 1. The first kappa shape index (κ1) is 17.8. The Hall–Kier alpha value is -2.28. The summed E-state index contributed by atoms with van der Waals surface area (Å²) in [5.74, 6) is 1.46. The van der Waals surface area contributed by atoms with E-state index in [1.54, 1.807) is 6.20 Å². The standard InChI is InChI=1S/C14H17N3OS.CH2O2/c1-11-15-7-8-17(11)9-12-5-3-4-6-13(12)16-14(18)10-19-2;2-1-3/h3-8H,9-10H2,1-2H3,(H,16,18);1H,(H,2,3). The molecule has 6 nitrogen and oxygen atoms in total. The number of aromatic nitrogens is 2. The molecule has 0 bridgehead atoms. The van der Waals surface area contributed by atoms with Gasteiger partial charge < -0.3 is 15.0 Å². The summed E-state index contributed by atoms with van der Waals surface area (Å²) in [5.41, 5.74) is 1.95. The zero-order valence-electron chi connectivity index (χ0n) is 12.5. The highest BCUT2D eigenvalue weighted by atomic mass is 32.2. The third-order valence-corrected chi connectivity index (χ3v) is 3.38. The van der Waals surface area contributed by atoms with Gasteiger partial charge in [-0.05, 0) is 24.8 Å². The topological polar surface area (TPSA) is 84.2 Å². The molecular weight excluding hydrogens is 302 g/mol. The van der Waals surface area contributed by atoms with E-state index in [0.29, 0.717) is 12.3 Å². The number of carbonyl (C=O) groups excluding carboxylic acids is 1. The molecule has 0 radical (unpaired) electrons. The Morgan fingerprint density at radius 2 is 2.14 bits per heavy atom. The fourth-order valence-corrected chi connectivity index (χ4v) is 2.19. The average molecular weight is 321 g/mol. The summed E-state index contributed by atoms with van der Waals surface area (Å²) in [4.78, 5) is 24.2. The molecule has 1 amide bonds. The van der Waals surface area contributed by atoms with Gasteiger partial charge in [-0.1, -0.05) is 18.2 Å². The molecule has 0 aliphatic rings. The molecule has 2 N–H and O–H groups in total. The number of nitrogens with one attached hydrogen (secondary N) is 1. The predicted octanol–water partition coefficient (Wildman–Crippen LogP) is 2.24. The first-order valence-corrected chi connectivity index (χ1v) is 7.94. The molecule has 0 unspecified atom stereocenters. The molecule has 2 aromatic rings. The number of amides is 1. The Balaban J connectivity index is 0.000000745. The Kier molecular flexibility index (Phi) is 7.77. The van der Waals surface area contributed by atoms with Crippen LogP contribution in [0.2, 0.25) is 0 Å². The van der Waals surface area contributed by atoms with Crippen molar-refractivity contribution in [1.29, 1.82) is 0 Å². The molecule has 0 aliphatic heterocycles. The van der Waals surface area contributed by atoms with Gasteiger partial charge >= 0.3 is 0 Å². The number of aryl methyl sites for hydroxylation is 1. The van der Waals surface area contributed by atoms with Crippen molar-refractivity contribution in [2.75, 3.05) is 17.3 Å². The lowest BCUT2D eigenvalue weighted by Crippen LogP contribution is -2.15. The van der Waals surface area contributed by atoms with Gasteiger partial charge in [0.25, 0.3) is 6.47 Å². The summed E-state index contributed by atoms with van der Waals surface area (Å²) >= 11 is 1.52. The maximum atomic E-state index is 11.7. The smallest absolute Gasteiger partial charge is 0.290 e. The highest BCUT2D eigenvalue weighted by Gasteiger charge is 2.07. The molecule has 7 heteroatoms. The van der Waals surface area contributed by atoms with Crippen LogP contribution in [0.1, 0.15) is 11.4 Å². The number of imidazole rings is 1. The van der Waals surface area contributed by atoms with E-state index in [0.717, 1.165) is 17.1 Å². The fraction of sp³-hybridized carbons (Fsp3) is 0.267. The Morgan fingerprint density at radius 1 is 1.45 bits per heavy atom. The van der Waals surface area contributed by atoms with Crippen molar-refractivity contribution in [1.82, 2.24) is 9.55 Å². The number of carbonyl (C=O) groups is 2. The van der Waals surface area contributed by atoms with E-state index in [1.807, 2.05) is 43.6 Å². The van der Waals surface area contributed by atoms with E-state index in [1.165, 1.54) is 11.8 Å². The highest BCUT2D eigenvalue weighted by Crippen LogP contribution is 2.17.